The van der Waals surface area contributed by atoms with Crippen molar-refractivity contribution in [2.45, 2.75) is 19.9 Å². The number of rotatable bonds is 12. The number of carbonyl (C=O) groups is 1. The summed E-state index contributed by atoms with van der Waals surface area (Å²) < 4.78 is 16.2. The number of nitro groups is 1. The standard InChI is InChI=1S/C22H26N4O6/c1-4-7-12-32-19-14-18(20(26(28)29)21(23)24-19)25(22(27)30-6-3)15-16-9-8-10-17(13-16)31-11-5-2/h4-5,8-10,13-14H,1-2,6-7,11-12,15H2,3H3,(H2,23,24). The zero-order valence-electron chi connectivity index (χ0n) is 17.9. The first-order chi connectivity index (χ1) is 15.4. The molecule has 0 radical (unpaired) electrons. The van der Waals surface area contributed by atoms with Crippen LogP contribution in [0.4, 0.5) is 22.0 Å². The Bertz CT molecular complexity index is 979. The van der Waals surface area contributed by atoms with Gasteiger partial charge in [0.15, 0.2) is 0 Å². The van der Waals surface area contributed by atoms with E-state index in [2.05, 4.69) is 18.1 Å². The highest BCUT2D eigenvalue weighted by atomic mass is 16.6. The van der Waals surface area contributed by atoms with E-state index in [1.54, 1.807) is 43.3 Å². The lowest BCUT2D eigenvalue weighted by Crippen LogP contribution is -2.32. The van der Waals surface area contributed by atoms with E-state index in [4.69, 9.17) is 19.9 Å². The number of carbonyl (C=O) groups excluding carboxylic acids is 1. The summed E-state index contributed by atoms with van der Waals surface area (Å²) in [6, 6.07) is 8.27. The lowest BCUT2D eigenvalue weighted by molar-refractivity contribution is -0.383. The predicted octanol–water partition coefficient (Wildman–Crippen LogP) is 4.25. The number of benzene rings is 1. The maximum Gasteiger partial charge on any atom is 0.414 e. The molecule has 1 amide bonds. The largest absolute Gasteiger partial charge is 0.490 e. The molecule has 0 aliphatic carbocycles. The van der Waals surface area contributed by atoms with Crippen LogP contribution in [0.3, 0.4) is 0 Å². The van der Waals surface area contributed by atoms with E-state index >= 15 is 0 Å². The Kier molecular flexibility index (Phi) is 9.03. The zero-order valence-corrected chi connectivity index (χ0v) is 17.9. The molecule has 170 valence electrons. The lowest BCUT2D eigenvalue weighted by atomic mass is 10.2. The first kappa shape index (κ1) is 24.2. The van der Waals surface area contributed by atoms with Crippen molar-refractivity contribution in [3.8, 4) is 11.6 Å². The molecule has 0 fully saturated rings. The van der Waals surface area contributed by atoms with Crippen LogP contribution in [0.25, 0.3) is 0 Å². The number of nitrogen functional groups attached to an aromatic ring is 1. The van der Waals surface area contributed by atoms with Crippen LogP contribution in [-0.4, -0.2) is 35.8 Å². The number of hydrogen-bond donors (Lipinski definition) is 1. The Morgan fingerprint density at radius 1 is 1.28 bits per heavy atom. The van der Waals surface area contributed by atoms with E-state index in [9.17, 15) is 14.9 Å². The second-order valence-corrected chi connectivity index (χ2v) is 6.43. The van der Waals surface area contributed by atoms with Gasteiger partial charge in [0.2, 0.25) is 11.7 Å². The third kappa shape index (κ3) is 6.46. The van der Waals surface area contributed by atoms with Crippen LogP contribution >= 0.6 is 0 Å². The molecule has 0 spiro atoms. The molecule has 10 heteroatoms. The molecular formula is C22H26N4O6. The predicted molar refractivity (Wildman–Crippen MR) is 121 cm³/mol. The summed E-state index contributed by atoms with van der Waals surface area (Å²) in [5.74, 6) is 0.226. The minimum absolute atomic E-state index is 0.0412. The molecule has 2 N–H and O–H groups in total. The van der Waals surface area contributed by atoms with Gasteiger partial charge in [0.1, 0.15) is 18.0 Å². The summed E-state index contributed by atoms with van der Waals surface area (Å²) in [5, 5.41) is 11.7. The van der Waals surface area contributed by atoms with Crippen molar-refractivity contribution < 1.29 is 23.9 Å². The Morgan fingerprint density at radius 3 is 2.72 bits per heavy atom. The summed E-state index contributed by atoms with van der Waals surface area (Å²) >= 11 is 0. The average molecular weight is 442 g/mol. The third-order valence-electron chi connectivity index (χ3n) is 4.12. The number of anilines is 2. The summed E-state index contributed by atoms with van der Waals surface area (Å²) in [5.41, 5.74) is 5.89. The summed E-state index contributed by atoms with van der Waals surface area (Å²) in [6.07, 6.45) is 3.01. The van der Waals surface area contributed by atoms with Crippen molar-refractivity contribution in [3.05, 3.63) is 71.3 Å². The molecule has 32 heavy (non-hydrogen) atoms. The Labute approximate surface area is 186 Å². The van der Waals surface area contributed by atoms with E-state index < -0.39 is 16.7 Å². The summed E-state index contributed by atoms with van der Waals surface area (Å²) in [4.78, 5) is 28.9. The SMILES string of the molecule is C=CCCOc1cc(N(Cc2cccc(OCC=C)c2)C(=O)OCC)c([N+](=O)[O-])c(N)n1. The van der Waals surface area contributed by atoms with Crippen molar-refractivity contribution in [2.75, 3.05) is 30.5 Å². The molecule has 1 aromatic carbocycles. The lowest BCUT2D eigenvalue weighted by Gasteiger charge is -2.23. The van der Waals surface area contributed by atoms with Crippen molar-refractivity contribution in [1.29, 1.82) is 0 Å². The normalized spacial score (nSPS) is 10.2. The quantitative estimate of drug-likeness (QED) is 0.223. The highest BCUT2D eigenvalue weighted by Crippen LogP contribution is 2.37. The Balaban J connectivity index is 2.51. The molecule has 1 heterocycles. The molecule has 1 aromatic heterocycles. The van der Waals surface area contributed by atoms with E-state index in [0.29, 0.717) is 24.3 Å². The van der Waals surface area contributed by atoms with Crippen LogP contribution in [-0.2, 0) is 11.3 Å². The molecule has 0 saturated carbocycles. The van der Waals surface area contributed by atoms with Crippen LogP contribution in [0.5, 0.6) is 11.6 Å². The molecule has 0 unspecified atom stereocenters. The third-order valence-corrected chi connectivity index (χ3v) is 4.12. The van der Waals surface area contributed by atoms with Crippen LogP contribution < -0.4 is 20.1 Å². The molecule has 0 atom stereocenters. The van der Waals surface area contributed by atoms with Gasteiger partial charge in [0.25, 0.3) is 0 Å². The van der Waals surface area contributed by atoms with Gasteiger partial charge in [0.05, 0.1) is 24.7 Å². The van der Waals surface area contributed by atoms with Crippen LogP contribution in [0.1, 0.15) is 18.9 Å². The van der Waals surface area contributed by atoms with Crippen LogP contribution in [0.2, 0.25) is 0 Å². The molecular weight excluding hydrogens is 416 g/mol. The van der Waals surface area contributed by atoms with Gasteiger partial charge in [-0.25, -0.2) is 4.79 Å². The fraction of sp³-hybridized carbons (Fsp3) is 0.273. The molecule has 2 aromatic rings. The fourth-order valence-corrected chi connectivity index (χ4v) is 2.75. The smallest absolute Gasteiger partial charge is 0.414 e. The maximum absolute atomic E-state index is 12.8. The number of pyridine rings is 1. The van der Waals surface area contributed by atoms with Gasteiger partial charge in [-0.05, 0) is 31.0 Å². The monoisotopic (exact) mass is 442 g/mol. The van der Waals surface area contributed by atoms with Gasteiger partial charge in [-0.1, -0.05) is 30.9 Å². The van der Waals surface area contributed by atoms with Gasteiger partial charge in [-0.2, -0.15) is 4.98 Å². The molecule has 0 saturated heterocycles. The highest BCUT2D eigenvalue weighted by Gasteiger charge is 2.30. The maximum atomic E-state index is 12.8. The summed E-state index contributed by atoms with van der Waals surface area (Å²) in [6.45, 7) is 9.44. The highest BCUT2D eigenvalue weighted by molar-refractivity contribution is 5.92. The van der Waals surface area contributed by atoms with Gasteiger partial charge in [-0.3, -0.25) is 15.0 Å². The van der Waals surface area contributed by atoms with E-state index in [-0.39, 0.29) is 37.1 Å². The van der Waals surface area contributed by atoms with E-state index in [1.165, 1.54) is 6.07 Å². The molecule has 0 aliphatic rings. The van der Waals surface area contributed by atoms with Crippen molar-refractivity contribution in [1.82, 2.24) is 4.98 Å². The molecule has 0 aliphatic heterocycles. The number of hydrogen-bond acceptors (Lipinski definition) is 8. The van der Waals surface area contributed by atoms with Gasteiger partial charge in [-0.15, -0.1) is 6.58 Å². The number of nitrogens with two attached hydrogens (primary N) is 1. The first-order valence-electron chi connectivity index (χ1n) is 9.86. The van der Waals surface area contributed by atoms with E-state index in [0.717, 1.165) is 4.90 Å². The van der Waals surface area contributed by atoms with Crippen LogP contribution in [0, 0.1) is 10.1 Å². The summed E-state index contributed by atoms with van der Waals surface area (Å²) in [7, 11) is 0. The number of amides is 1. The van der Waals surface area contributed by atoms with Gasteiger partial charge < -0.3 is 19.9 Å². The average Bonchev–Trinajstić information content (AvgIpc) is 2.76. The number of nitrogens with zero attached hydrogens (tertiary/aromatic N) is 3. The minimum Gasteiger partial charge on any atom is -0.490 e. The number of ether oxygens (including phenoxy) is 3. The molecule has 2 rings (SSSR count). The minimum atomic E-state index is -0.782. The fourth-order valence-electron chi connectivity index (χ4n) is 2.75. The van der Waals surface area contributed by atoms with Gasteiger partial charge >= 0.3 is 11.8 Å². The van der Waals surface area contributed by atoms with E-state index in [1.807, 2.05) is 0 Å². The Hall–Kier alpha value is -4.08. The van der Waals surface area contributed by atoms with Crippen LogP contribution in [0.15, 0.2) is 55.6 Å². The second-order valence-electron chi connectivity index (χ2n) is 6.43. The van der Waals surface area contributed by atoms with Crippen molar-refractivity contribution in [3.63, 3.8) is 0 Å². The van der Waals surface area contributed by atoms with Gasteiger partial charge in [0, 0.05) is 6.07 Å². The first-order valence-corrected chi connectivity index (χ1v) is 9.86. The zero-order chi connectivity index (χ0) is 23.5. The Morgan fingerprint density at radius 2 is 2.06 bits per heavy atom. The van der Waals surface area contributed by atoms with Crippen molar-refractivity contribution >= 4 is 23.3 Å². The molecule has 10 nitrogen and oxygen atoms in total. The molecule has 0 bridgehead atoms. The number of aromatic nitrogens is 1. The topological polar surface area (TPSA) is 130 Å². The second kappa shape index (κ2) is 11.9. The van der Waals surface area contributed by atoms with Crippen molar-refractivity contribution in [2.24, 2.45) is 0 Å².